The van der Waals surface area contributed by atoms with Gasteiger partial charge in [0.2, 0.25) is 0 Å². The molecule has 1 aliphatic heterocycles. The number of hydrogen-bond donors (Lipinski definition) is 4. The third-order valence-corrected chi connectivity index (χ3v) is 5.44. The Labute approximate surface area is 178 Å². The van der Waals surface area contributed by atoms with Crippen LogP contribution in [0.25, 0.3) is 22.0 Å². The number of cyclic esters (lactones) is 1. The van der Waals surface area contributed by atoms with Crippen molar-refractivity contribution in [2.45, 2.75) is 25.0 Å². The molecule has 0 spiro atoms. The number of H-pyrrole nitrogens is 1. The molecule has 8 heteroatoms. The first kappa shape index (κ1) is 21.0. The maximum atomic E-state index is 12.9. The largest absolute Gasteiger partial charge is 0.441 e. The Balaban J connectivity index is 1.73. The Bertz CT molecular complexity index is 1190. The summed E-state index contributed by atoms with van der Waals surface area (Å²) in [6, 6.07) is 14.3. The number of ether oxygens (including phenoxy) is 1. The quantitative estimate of drug-likeness (QED) is 0.479. The number of amides is 1. The number of carbonyl (C=O) groups is 1. The average Bonchev–Trinajstić information content (AvgIpc) is 3.14. The van der Waals surface area contributed by atoms with E-state index in [1.54, 1.807) is 25.1 Å². The van der Waals surface area contributed by atoms with E-state index in [2.05, 4.69) is 4.98 Å². The lowest BCUT2D eigenvalue weighted by Gasteiger charge is -2.22. The number of nitrogens with one attached hydrogen (secondary N) is 1. The molecule has 1 aromatic heterocycles. The number of nitrogens with zero attached hydrogens (tertiary/aromatic N) is 1. The van der Waals surface area contributed by atoms with Crippen molar-refractivity contribution in [1.82, 2.24) is 4.98 Å². The number of rotatable bonds is 6. The highest BCUT2D eigenvalue weighted by Gasteiger charge is 2.32. The fourth-order valence-corrected chi connectivity index (χ4v) is 3.79. The normalized spacial score (nSPS) is 18.3. The number of fused-ring (bicyclic) bond motifs is 1. The average molecular weight is 424 g/mol. The van der Waals surface area contributed by atoms with Crippen molar-refractivity contribution < 1.29 is 24.9 Å². The first-order chi connectivity index (χ1) is 14.8. The molecule has 2 heterocycles. The molecule has 2 atom stereocenters. The Morgan fingerprint density at radius 2 is 1.94 bits per heavy atom. The molecule has 4 N–H and O–H groups in total. The van der Waals surface area contributed by atoms with E-state index in [0.717, 1.165) is 11.1 Å². The zero-order valence-electron chi connectivity index (χ0n) is 17.0. The monoisotopic (exact) mass is 424 g/mol. The number of aliphatic hydroxyl groups is 3. The second kappa shape index (κ2) is 8.14. The second-order valence-corrected chi connectivity index (χ2v) is 8.07. The molecule has 4 rings (SSSR count). The Morgan fingerprint density at radius 3 is 2.65 bits per heavy atom. The van der Waals surface area contributed by atoms with Crippen molar-refractivity contribution in [2.75, 3.05) is 24.7 Å². The van der Waals surface area contributed by atoms with Gasteiger partial charge in [-0.25, -0.2) is 4.79 Å². The topological polar surface area (TPSA) is 123 Å². The summed E-state index contributed by atoms with van der Waals surface area (Å²) < 4.78 is 5.07. The van der Waals surface area contributed by atoms with Crippen LogP contribution in [-0.4, -0.2) is 57.9 Å². The van der Waals surface area contributed by atoms with Gasteiger partial charge in [-0.15, -0.1) is 0 Å². The van der Waals surface area contributed by atoms with Crippen molar-refractivity contribution in [2.24, 2.45) is 0 Å². The van der Waals surface area contributed by atoms with Crippen LogP contribution in [0.15, 0.2) is 53.3 Å². The zero-order chi connectivity index (χ0) is 22.2. The highest BCUT2D eigenvalue weighted by Crippen LogP contribution is 2.29. The molecule has 8 nitrogen and oxygen atoms in total. The van der Waals surface area contributed by atoms with E-state index >= 15 is 0 Å². The van der Waals surface area contributed by atoms with E-state index in [1.165, 1.54) is 4.90 Å². The number of hydrogen-bond acceptors (Lipinski definition) is 6. The molecular weight excluding hydrogens is 400 g/mol. The van der Waals surface area contributed by atoms with E-state index in [4.69, 9.17) is 4.74 Å². The third kappa shape index (κ3) is 4.18. The van der Waals surface area contributed by atoms with Crippen LogP contribution in [0.1, 0.15) is 12.5 Å². The fourth-order valence-electron chi connectivity index (χ4n) is 3.79. The molecule has 1 aliphatic rings. The third-order valence-electron chi connectivity index (χ3n) is 5.44. The van der Waals surface area contributed by atoms with Gasteiger partial charge in [0.1, 0.15) is 6.10 Å². The van der Waals surface area contributed by atoms with Crippen LogP contribution in [0.4, 0.5) is 10.5 Å². The van der Waals surface area contributed by atoms with Crippen LogP contribution in [-0.2, 0) is 11.2 Å². The van der Waals surface area contributed by atoms with Crippen LogP contribution >= 0.6 is 0 Å². The highest BCUT2D eigenvalue weighted by molar-refractivity contribution is 5.94. The lowest BCUT2D eigenvalue weighted by Crippen LogP contribution is -2.31. The molecule has 0 bridgehead atoms. The molecule has 162 valence electrons. The number of anilines is 1. The minimum Gasteiger partial charge on any atom is -0.441 e. The van der Waals surface area contributed by atoms with Gasteiger partial charge in [0.05, 0.1) is 25.4 Å². The zero-order valence-corrected chi connectivity index (χ0v) is 17.0. The number of pyridine rings is 1. The summed E-state index contributed by atoms with van der Waals surface area (Å²) in [4.78, 5) is 29.2. The van der Waals surface area contributed by atoms with Gasteiger partial charge in [-0.05, 0) is 36.1 Å². The summed E-state index contributed by atoms with van der Waals surface area (Å²) in [5.74, 6) is 0. The number of aromatic amines is 1. The van der Waals surface area contributed by atoms with Crippen LogP contribution in [0, 0.1) is 0 Å². The molecule has 3 aromatic rings. The molecule has 1 saturated heterocycles. The van der Waals surface area contributed by atoms with E-state index in [1.807, 2.05) is 30.3 Å². The van der Waals surface area contributed by atoms with Gasteiger partial charge in [-0.2, -0.15) is 0 Å². The van der Waals surface area contributed by atoms with Crippen molar-refractivity contribution in [1.29, 1.82) is 0 Å². The van der Waals surface area contributed by atoms with E-state index in [-0.39, 0.29) is 31.7 Å². The molecule has 2 aromatic carbocycles. The minimum atomic E-state index is -1.28. The Kier molecular flexibility index (Phi) is 5.53. The fraction of sp³-hybridized carbons (Fsp3) is 0.304. The van der Waals surface area contributed by atoms with Crippen molar-refractivity contribution in [3.05, 3.63) is 64.4 Å². The van der Waals surface area contributed by atoms with Crippen LogP contribution < -0.4 is 10.5 Å². The Hall–Kier alpha value is -3.20. The van der Waals surface area contributed by atoms with Gasteiger partial charge in [-0.3, -0.25) is 9.69 Å². The maximum absolute atomic E-state index is 12.9. The lowest BCUT2D eigenvalue weighted by atomic mass is 9.92. The number of aromatic nitrogens is 1. The predicted molar refractivity (Wildman–Crippen MR) is 116 cm³/mol. The number of aliphatic hydroxyl groups excluding tert-OH is 2. The van der Waals surface area contributed by atoms with E-state index < -0.39 is 17.8 Å². The van der Waals surface area contributed by atoms with Crippen molar-refractivity contribution in [3.63, 3.8) is 0 Å². The maximum Gasteiger partial charge on any atom is 0.414 e. The van der Waals surface area contributed by atoms with Crippen molar-refractivity contribution in [3.8, 4) is 11.3 Å². The Morgan fingerprint density at radius 1 is 1.16 bits per heavy atom. The summed E-state index contributed by atoms with van der Waals surface area (Å²) in [5.41, 5.74) is 1.07. The molecule has 0 radical (unpaired) electrons. The van der Waals surface area contributed by atoms with Crippen LogP contribution in [0.2, 0.25) is 0 Å². The van der Waals surface area contributed by atoms with Crippen LogP contribution in [0.3, 0.4) is 0 Å². The molecule has 1 fully saturated rings. The first-order valence-corrected chi connectivity index (χ1v) is 9.99. The molecular formula is C23H24N2O6. The molecule has 0 aliphatic carbocycles. The smallest absolute Gasteiger partial charge is 0.414 e. The van der Waals surface area contributed by atoms with Gasteiger partial charge in [0.15, 0.2) is 0 Å². The van der Waals surface area contributed by atoms with Gasteiger partial charge in [0, 0.05) is 28.8 Å². The summed E-state index contributed by atoms with van der Waals surface area (Å²) in [6.45, 7) is 1.13. The van der Waals surface area contributed by atoms with Gasteiger partial charge >= 0.3 is 6.09 Å². The number of benzene rings is 2. The van der Waals surface area contributed by atoms with E-state index in [9.17, 15) is 24.9 Å². The predicted octanol–water partition coefficient (Wildman–Crippen LogP) is 1.80. The van der Waals surface area contributed by atoms with Crippen LogP contribution in [0.5, 0.6) is 0 Å². The summed E-state index contributed by atoms with van der Waals surface area (Å²) in [7, 11) is 0. The minimum absolute atomic E-state index is 0.217. The van der Waals surface area contributed by atoms with Gasteiger partial charge < -0.3 is 25.0 Å². The van der Waals surface area contributed by atoms with Gasteiger partial charge in [0.25, 0.3) is 5.56 Å². The SMILES string of the molecule is CC(O)(CO)Cc1ccccc1-c1cc2ccc(N3CC(CO)OC3=O)cc2c(=O)[nH]1. The first-order valence-electron chi connectivity index (χ1n) is 9.99. The summed E-state index contributed by atoms with van der Waals surface area (Å²) in [6.07, 6.45) is -0.922. The molecule has 0 saturated carbocycles. The molecule has 31 heavy (non-hydrogen) atoms. The summed E-state index contributed by atoms with van der Waals surface area (Å²) >= 11 is 0. The summed E-state index contributed by atoms with van der Waals surface area (Å²) in [5, 5.41) is 30.0. The number of carbonyl (C=O) groups excluding carboxylic acids is 1. The highest BCUT2D eigenvalue weighted by atomic mass is 16.6. The van der Waals surface area contributed by atoms with Crippen molar-refractivity contribution >= 4 is 22.6 Å². The standard InChI is InChI=1S/C23H24N2O6/c1-23(30,13-27)10-15-4-2-3-5-18(15)20-8-14-6-7-16(9-19(14)21(28)24-20)25-11-17(12-26)31-22(25)29/h2-9,17,26-27,30H,10-13H2,1H3,(H,24,28). The second-order valence-electron chi connectivity index (χ2n) is 8.07. The molecule has 1 amide bonds. The van der Waals surface area contributed by atoms with Gasteiger partial charge in [-0.1, -0.05) is 30.3 Å². The molecule has 2 unspecified atom stereocenters. The lowest BCUT2D eigenvalue weighted by molar-refractivity contribution is 0.00241. The van der Waals surface area contributed by atoms with E-state index in [0.29, 0.717) is 22.2 Å².